The van der Waals surface area contributed by atoms with E-state index < -0.39 is 11.9 Å². The second kappa shape index (κ2) is 10.1. The van der Waals surface area contributed by atoms with Gasteiger partial charge >= 0.3 is 5.97 Å². The van der Waals surface area contributed by atoms with Crippen molar-refractivity contribution in [1.82, 2.24) is 5.32 Å². The van der Waals surface area contributed by atoms with E-state index in [1.165, 1.54) is 6.08 Å². The topological polar surface area (TPSA) is 78.9 Å². The maximum Gasteiger partial charge on any atom is 0.352 e. The maximum atomic E-state index is 12.5. The fourth-order valence-corrected chi connectivity index (χ4v) is 3.21. The van der Waals surface area contributed by atoms with Crippen LogP contribution in [-0.2, 0) is 4.79 Å². The number of carbonyl (C=O) groups excluding carboxylic acids is 1. The molecule has 0 aliphatic carbocycles. The first-order valence-corrected chi connectivity index (χ1v) is 10.5. The lowest BCUT2D eigenvalue weighted by atomic mass is 10.1. The van der Waals surface area contributed by atoms with E-state index in [1.54, 1.807) is 48.5 Å². The van der Waals surface area contributed by atoms with E-state index in [0.717, 1.165) is 15.0 Å². The number of rotatable bonds is 7. The Balaban J connectivity index is 1.73. The Morgan fingerprint density at radius 1 is 0.968 bits per heavy atom. The summed E-state index contributed by atoms with van der Waals surface area (Å²) in [6, 6.07) is 21.5. The van der Waals surface area contributed by atoms with Crippen molar-refractivity contribution in [3.8, 4) is 11.5 Å². The van der Waals surface area contributed by atoms with E-state index >= 15 is 0 Å². The molecule has 2 N–H and O–H groups in total. The van der Waals surface area contributed by atoms with Crippen LogP contribution in [0.3, 0.4) is 0 Å². The maximum absolute atomic E-state index is 12.5. The summed E-state index contributed by atoms with van der Waals surface area (Å²) in [6.07, 6.45) is 1.41. The molecule has 0 spiro atoms. The first-order chi connectivity index (χ1) is 14.8. The largest absolute Gasteiger partial charge is 0.477 e. The number of benzene rings is 3. The van der Waals surface area contributed by atoms with Crippen LogP contribution in [0.15, 0.2) is 78.5 Å². The van der Waals surface area contributed by atoms with Crippen LogP contribution < -0.4 is 15.0 Å². The molecule has 3 rings (SSSR count). The van der Waals surface area contributed by atoms with Crippen LogP contribution in [0, 0.1) is 3.57 Å². The zero-order valence-electron chi connectivity index (χ0n) is 17.0. The SMILES string of the molecule is CN(C)c1ccc(C(=O)NC(=Cc2ccc(Oc3ccccc3I)cc2)C(=O)O)cc1. The molecule has 3 aromatic carbocycles. The molecule has 0 heterocycles. The Morgan fingerprint density at radius 3 is 2.19 bits per heavy atom. The molecule has 0 unspecified atom stereocenters. The lowest BCUT2D eigenvalue weighted by Gasteiger charge is -2.13. The number of para-hydroxylation sites is 1. The van der Waals surface area contributed by atoms with Crippen molar-refractivity contribution in [2.75, 3.05) is 19.0 Å². The molecule has 158 valence electrons. The van der Waals surface area contributed by atoms with Gasteiger partial charge in [-0.3, -0.25) is 4.79 Å². The van der Waals surface area contributed by atoms with Crippen LogP contribution >= 0.6 is 22.6 Å². The smallest absolute Gasteiger partial charge is 0.352 e. The van der Waals surface area contributed by atoms with Gasteiger partial charge in [0.15, 0.2) is 0 Å². The van der Waals surface area contributed by atoms with Crippen molar-refractivity contribution in [2.45, 2.75) is 0 Å². The lowest BCUT2D eigenvalue weighted by molar-refractivity contribution is -0.132. The minimum absolute atomic E-state index is 0.215. The van der Waals surface area contributed by atoms with Crippen LogP contribution in [0.4, 0.5) is 5.69 Å². The van der Waals surface area contributed by atoms with Gasteiger partial charge in [0.25, 0.3) is 5.91 Å². The second-order valence-corrected chi connectivity index (χ2v) is 8.02. The Morgan fingerprint density at radius 2 is 1.61 bits per heavy atom. The summed E-state index contributed by atoms with van der Waals surface area (Å²) in [6.45, 7) is 0. The van der Waals surface area contributed by atoms with E-state index in [2.05, 4.69) is 27.9 Å². The molecular formula is C24H21IN2O4. The highest BCUT2D eigenvalue weighted by Gasteiger charge is 2.14. The summed E-state index contributed by atoms with van der Waals surface area (Å²) >= 11 is 2.20. The third-order valence-corrected chi connectivity index (χ3v) is 5.27. The number of nitrogens with zero attached hydrogens (tertiary/aromatic N) is 1. The summed E-state index contributed by atoms with van der Waals surface area (Å²) in [4.78, 5) is 26.0. The van der Waals surface area contributed by atoms with Crippen molar-refractivity contribution >= 4 is 46.2 Å². The van der Waals surface area contributed by atoms with Gasteiger partial charge in [0.05, 0.1) is 3.57 Å². The van der Waals surface area contributed by atoms with Crippen LogP contribution in [0.2, 0.25) is 0 Å². The van der Waals surface area contributed by atoms with Gasteiger partial charge in [-0.1, -0.05) is 24.3 Å². The lowest BCUT2D eigenvalue weighted by Crippen LogP contribution is -2.27. The van der Waals surface area contributed by atoms with Crippen LogP contribution in [-0.4, -0.2) is 31.1 Å². The van der Waals surface area contributed by atoms with E-state index in [0.29, 0.717) is 16.9 Å². The highest BCUT2D eigenvalue weighted by Crippen LogP contribution is 2.26. The van der Waals surface area contributed by atoms with Gasteiger partial charge in [0, 0.05) is 25.3 Å². The number of halogens is 1. The fraction of sp³-hybridized carbons (Fsp3) is 0.0833. The van der Waals surface area contributed by atoms with E-state index in [4.69, 9.17) is 4.74 Å². The van der Waals surface area contributed by atoms with Crippen molar-refractivity contribution < 1.29 is 19.4 Å². The molecule has 0 aliphatic rings. The van der Waals surface area contributed by atoms with E-state index in [1.807, 2.05) is 43.3 Å². The third kappa shape index (κ3) is 6.08. The normalized spacial score (nSPS) is 11.0. The monoisotopic (exact) mass is 528 g/mol. The number of amides is 1. The summed E-state index contributed by atoms with van der Waals surface area (Å²) in [7, 11) is 3.80. The van der Waals surface area contributed by atoms with Gasteiger partial charge in [-0.2, -0.15) is 0 Å². The fourth-order valence-electron chi connectivity index (χ4n) is 2.71. The van der Waals surface area contributed by atoms with Crippen LogP contribution in [0.1, 0.15) is 15.9 Å². The van der Waals surface area contributed by atoms with Gasteiger partial charge in [0.2, 0.25) is 0 Å². The predicted molar refractivity (Wildman–Crippen MR) is 130 cm³/mol. The number of carbonyl (C=O) groups is 2. The average molecular weight is 528 g/mol. The molecule has 0 saturated heterocycles. The average Bonchev–Trinajstić information content (AvgIpc) is 2.76. The molecule has 0 radical (unpaired) electrons. The zero-order chi connectivity index (χ0) is 22.4. The molecule has 7 heteroatoms. The molecule has 0 aromatic heterocycles. The molecule has 6 nitrogen and oxygen atoms in total. The van der Waals surface area contributed by atoms with Gasteiger partial charge < -0.3 is 20.1 Å². The Labute approximate surface area is 194 Å². The molecular weight excluding hydrogens is 507 g/mol. The van der Waals surface area contributed by atoms with Gasteiger partial charge in [-0.15, -0.1) is 0 Å². The van der Waals surface area contributed by atoms with Crippen molar-refractivity contribution in [1.29, 1.82) is 0 Å². The zero-order valence-corrected chi connectivity index (χ0v) is 19.2. The number of anilines is 1. The molecule has 0 aliphatic heterocycles. The number of carboxylic acid groups (broad SMARTS) is 1. The third-order valence-electron chi connectivity index (χ3n) is 4.38. The summed E-state index contributed by atoms with van der Waals surface area (Å²) in [5.74, 6) is -0.344. The summed E-state index contributed by atoms with van der Waals surface area (Å²) < 4.78 is 6.83. The second-order valence-electron chi connectivity index (χ2n) is 6.86. The molecule has 31 heavy (non-hydrogen) atoms. The first-order valence-electron chi connectivity index (χ1n) is 9.39. The van der Waals surface area contributed by atoms with Crippen molar-refractivity contribution in [2.24, 2.45) is 0 Å². The summed E-state index contributed by atoms with van der Waals surface area (Å²) in [5, 5.41) is 12.0. The number of nitrogens with one attached hydrogen (secondary N) is 1. The summed E-state index contributed by atoms with van der Waals surface area (Å²) in [5.41, 5.74) is 1.72. The van der Waals surface area contributed by atoms with Gasteiger partial charge in [0.1, 0.15) is 17.2 Å². The number of aliphatic carboxylic acids is 1. The minimum atomic E-state index is -1.22. The van der Waals surface area contributed by atoms with Gasteiger partial charge in [-0.05, 0) is 82.8 Å². The first kappa shape index (κ1) is 22.4. The van der Waals surface area contributed by atoms with E-state index in [-0.39, 0.29) is 5.70 Å². The van der Waals surface area contributed by atoms with Crippen LogP contribution in [0.5, 0.6) is 11.5 Å². The number of ether oxygens (including phenoxy) is 1. The van der Waals surface area contributed by atoms with Crippen LogP contribution in [0.25, 0.3) is 6.08 Å². The Kier molecular flexibility index (Phi) is 7.30. The molecule has 1 amide bonds. The Bertz CT molecular complexity index is 1110. The van der Waals surface area contributed by atoms with Crippen molar-refractivity contribution in [3.63, 3.8) is 0 Å². The van der Waals surface area contributed by atoms with Gasteiger partial charge in [-0.25, -0.2) is 4.79 Å². The number of hydrogen-bond acceptors (Lipinski definition) is 4. The predicted octanol–water partition coefficient (Wildman–Crippen LogP) is 5.01. The quantitative estimate of drug-likeness (QED) is 0.333. The molecule has 0 atom stereocenters. The minimum Gasteiger partial charge on any atom is -0.477 e. The molecule has 3 aromatic rings. The highest BCUT2D eigenvalue weighted by molar-refractivity contribution is 14.1. The highest BCUT2D eigenvalue weighted by atomic mass is 127. The standard InChI is InChI=1S/C24H21IN2O4/c1-27(2)18-11-9-17(10-12-18)23(28)26-21(24(29)30)15-16-7-13-19(14-8-16)31-22-6-4-3-5-20(22)25/h3-15H,1-2H3,(H,26,28)(H,29,30). The molecule has 0 fully saturated rings. The van der Waals surface area contributed by atoms with E-state index in [9.17, 15) is 14.7 Å². The Hall–Kier alpha value is -3.33. The number of carboxylic acids is 1. The number of hydrogen-bond donors (Lipinski definition) is 2. The molecule has 0 saturated carbocycles. The molecule has 0 bridgehead atoms. The van der Waals surface area contributed by atoms with Crippen molar-refractivity contribution in [3.05, 3.63) is 93.2 Å².